The molecule has 0 fully saturated rings. The fraction of sp³-hybridized carbons (Fsp3) is 0.0952. The van der Waals surface area contributed by atoms with E-state index in [1.807, 2.05) is 24.3 Å². The van der Waals surface area contributed by atoms with Crippen LogP contribution in [0, 0.1) is 25.7 Å². The Labute approximate surface area is 272 Å². The molecule has 46 heavy (non-hydrogen) atoms. The molecule has 0 unspecified atom stereocenters. The number of methoxy groups -OCH3 is 2. The molecule has 0 heterocycles. The molecule has 0 saturated carbocycles. The lowest BCUT2D eigenvalue weighted by molar-refractivity contribution is 0.415. The summed E-state index contributed by atoms with van der Waals surface area (Å²) in [6, 6.07) is 50.1. The van der Waals surface area contributed by atoms with Crippen molar-refractivity contribution in [2.24, 2.45) is 0 Å². The lowest BCUT2D eigenvalue weighted by Gasteiger charge is -2.26. The van der Waals surface area contributed by atoms with Crippen molar-refractivity contribution in [3.8, 4) is 23.3 Å². The minimum atomic E-state index is 0.815. The summed E-state index contributed by atoms with van der Waals surface area (Å²) in [5.74, 6) is 8.32. The molecule has 4 nitrogen and oxygen atoms in total. The number of hydrogen-bond donors (Lipinski definition) is 0. The first kappa shape index (κ1) is 30.1. The van der Waals surface area contributed by atoms with Gasteiger partial charge >= 0.3 is 0 Å². The zero-order valence-corrected chi connectivity index (χ0v) is 26.6. The summed E-state index contributed by atoms with van der Waals surface area (Å²) in [5, 5.41) is 0. The molecule has 0 aliphatic heterocycles. The van der Waals surface area contributed by atoms with Crippen LogP contribution in [0.4, 0.5) is 34.1 Å². The summed E-state index contributed by atoms with van der Waals surface area (Å²) < 4.78 is 10.8. The van der Waals surface area contributed by atoms with E-state index in [9.17, 15) is 0 Å². The van der Waals surface area contributed by atoms with Gasteiger partial charge in [0.25, 0.3) is 0 Å². The summed E-state index contributed by atoms with van der Waals surface area (Å²) in [6.07, 6.45) is 0. The van der Waals surface area contributed by atoms with E-state index in [1.165, 1.54) is 11.1 Å². The van der Waals surface area contributed by atoms with E-state index in [0.717, 1.165) is 56.8 Å². The minimum Gasteiger partial charge on any atom is -0.497 e. The van der Waals surface area contributed by atoms with Crippen molar-refractivity contribution in [3.05, 3.63) is 168 Å². The Kier molecular flexibility index (Phi) is 9.04. The van der Waals surface area contributed by atoms with Gasteiger partial charge < -0.3 is 19.3 Å². The predicted octanol–water partition coefficient (Wildman–Crippen LogP) is 10.7. The van der Waals surface area contributed by atoms with Crippen LogP contribution in [-0.4, -0.2) is 14.2 Å². The minimum absolute atomic E-state index is 0.815. The van der Waals surface area contributed by atoms with Crippen LogP contribution < -0.4 is 19.3 Å². The zero-order chi connectivity index (χ0) is 31.9. The standard InChI is InChI=1S/C42H36N2O2/c1-31-5-15-35(16-6-31)43(36-17-7-32(2)8-18-36)37-19-11-33(12-20-37)9-10-34-13-21-38(22-14-34)44(39-23-27-41(45-3)28-24-39)40-25-29-42(46-4)30-26-40/h5-8,11-30H,1-4H3. The molecule has 0 bridgehead atoms. The first-order chi connectivity index (χ1) is 22.5. The first-order valence-electron chi connectivity index (χ1n) is 15.2. The van der Waals surface area contributed by atoms with Crippen LogP contribution in [0.15, 0.2) is 146 Å². The molecule has 0 aliphatic rings. The molecule has 226 valence electrons. The van der Waals surface area contributed by atoms with E-state index in [1.54, 1.807) is 14.2 Å². The number of benzene rings is 6. The summed E-state index contributed by atoms with van der Waals surface area (Å²) in [4.78, 5) is 4.47. The maximum atomic E-state index is 5.38. The van der Waals surface area contributed by atoms with E-state index < -0.39 is 0 Å². The summed E-state index contributed by atoms with van der Waals surface area (Å²) >= 11 is 0. The van der Waals surface area contributed by atoms with E-state index in [-0.39, 0.29) is 0 Å². The van der Waals surface area contributed by atoms with Gasteiger partial charge in [0.05, 0.1) is 14.2 Å². The van der Waals surface area contributed by atoms with Crippen molar-refractivity contribution in [2.45, 2.75) is 13.8 Å². The number of ether oxygens (including phenoxy) is 2. The van der Waals surface area contributed by atoms with Gasteiger partial charge in [-0.2, -0.15) is 0 Å². The van der Waals surface area contributed by atoms with Crippen LogP contribution in [0.25, 0.3) is 0 Å². The molecule has 0 atom stereocenters. The fourth-order valence-corrected chi connectivity index (χ4v) is 5.28. The second kappa shape index (κ2) is 13.8. The van der Waals surface area contributed by atoms with Gasteiger partial charge in [-0.3, -0.25) is 0 Å². The average molecular weight is 601 g/mol. The molecule has 6 rings (SSSR count). The summed E-state index contributed by atoms with van der Waals surface area (Å²) in [7, 11) is 3.35. The average Bonchev–Trinajstić information content (AvgIpc) is 3.11. The maximum absolute atomic E-state index is 5.38. The van der Waals surface area contributed by atoms with E-state index in [2.05, 4.69) is 157 Å². The quantitative estimate of drug-likeness (QED) is 0.162. The Balaban J connectivity index is 1.25. The first-order valence-corrected chi connectivity index (χ1v) is 15.2. The molecule has 0 amide bonds. The molecular formula is C42H36N2O2. The Morgan fingerprint density at radius 2 is 0.587 bits per heavy atom. The Hall–Kier alpha value is -5.92. The lowest BCUT2D eigenvalue weighted by Crippen LogP contribution is -2.10. The largest absolute Gasteiger partial charge is 0.497 e. The van der Waals surface area contributed by atoms with Crippen molar-refractivity contribution in [2.75, 3.05) is 24.0 Å². The third-order valence-corrected chi connectivity index (χ3v) is 7.85. The smallest absolute Gasteiger partial charge is 0.119 e. The van der Waals surface area contributed by atoms with Crippen LogP contribution in [0.1, 0.15) is 22.3 Å². The molecular weight excluding hydrogens is 564 g/mol. The van der Waals surface area contributed by atoms with Crippen LogP contribution >= 0.6 is 0 Å². The van der Waals surface area contributed by atoms with Gasteiger partial charge in [-0.1, -0.05) is 47.2 Å². The molecule has 6 aromatic rings. The molecule has 0 aliphatic carbocycles. The summed E-state index contributed by atoms with van der Waals surface area (Å²) in [6.45, 7) is 4.22. The van der Waals surface area contributed by atoms with Crippen molar-refractivity contribution < 1.29 is 9.47 Å². The molecule has 0 spiro atoms. The van der Waals surface area contributed by atoms with Crippen molar-refractivity contribution in [1.82, 2.24) is 0 Å². The van der Waals surface area contributed by atoms with Gasteiger partial charge in [-0.05, 0) is 135 Å². The SMILES string of the molecule is COc1ccc(N(c2ccc(C#Cc3ccc(N(c4ccc(C)cc4)c4ccc(C)cc4)cc3)cc2)c2ccc(OC)cc2)cc1. The summed E-state index contributed by atoms with van der Waals surface area (Å²) in [5.41, 5.74) is 10.8. The van der Waals surface area contributed by atoms with Gasteiger partial charge in [0.1, 0.15) is 11.5 Å². The number of rotatable bonds is 8. The fourth-order valence-electron chi connectivity index (χ4n) is 5.28. The second-order valence-corrected chi connectivity index (χ2v) is 11.1. The highest BCUT2D eigenvalue weighted by molar-refractivity contribution is 5.78. The predicted molar refractivity (Wildman–Crippen MR) is 191 cm³/mol. The highest BCUT2D eigenvalue weighted by atomic mass is 16.5. The van der Waals surface area contributed by atoms with Crippen LogP contribution in [0.3, 0.4) is 0 Å². The zero-order valence-electron chi connectivity index (χ0n) is 26.6. The molecule has 0 N–H and O–H groups in total. The van der Waals surface area contributed by atoms with E-state index in [4.69, 9.17) is 9.47 Å². The van der Waals surface area contributed by atoms with E-state index in [0.29, 0.717) is 0 Å². The van der Waals surface area contributed by atoms with E-state index >= 15 is 0 Å². The molecule has 6 aromatic carbocycles. The third kappa shape index (κ3) is 6.90. The highest BCUT2D eigenvalue weighted by Crippen LogP contribution is 2.37. The number of nitrogens with zero attached hydrogens (tertiary/aromatic N) is 2. The van der Waals surface area contributed by atoms with Gasteiger partial charge in [-0.15, -0.1) is 0 Å². The lowest BCUT2D eigenvalue weighted by atomic mass is 10.1. The number of hydrogen-bond acceptors (Lipinski definition) is 4. The monoisotopic (exact) mass is 600 g/mol. The van der Waals surface area contributed by atoms with Crippen LogP contribution in [-0.2, 0) is 0 Å². The van der Waals surface area contributed by atoms with Gasteiger partial charge in [0.15, 0.2) is 0 Å². The Bertz CT molecular complexity index is 1840. The second-order valence-electron chi connectivity index (χ2n) is 11.1. The maximum Gasteiger partial charge on any atom is 0.119 e. The third-order valence-electron chi connectivity index (χ3n) is 7.85. The van der Waals surface area contributed by atoms with Crippen molar-refractivity contribution >= 4 is 34.1 Å². The molecule has 4 heteroatoms. The Morgan fingerprint density at radius 1 is 0.348 bits per heavy atom. The van der Waals surface area contributed by atoms with Gasteiger partial charge in [-0.25, -0.2) is 0 Å². The van der Waals surface area contributed by atoms with Crippen LogP contribution in [0.5, 0.6) is 11.5 Å². The topological polar surface area (TPSA) is 24.9 Å². The highest BCUT2D eigenvalue weighted by Gasteiger charge is 2.14. The van der Waals surface area contributed by atoms with Gasteiger partial charge in [0, 0.05) is 45.3 Å². The number of anilines is 6. The number of aryl methyl sites for hydroxylation is 2. The normalized spacial score (nSPS) is 10.4. The molecule has 0 radical (unpaired) electrons. The molecule has 0 aromatic heterocycles. The van der Waals surface area contributed by atoms with Gasteiger partial charge in [0.2, 0.25) is 0 Å². The van der Waals surface area contributed by atoms with Crippen molar-refractivity contribution in [3.63, 3.8) is 0 Å². The van der Waals surface area contributed by atoms with Crippen molar-refractivity contribution in [1.29, 1.82) is 0 Å². The Morgan fingerprint density at radius 3 is 0.848 bits per heavy atom. The van der Waals surface area contributed by atoms with Crippen LogP contribution in [0.2, 0.25) is 0 Å². The molecule has 0 saturated heterocycles.